The van der Waals surface area contributed by atoms with Crippen LogP contribution in [-0.2, 0) is 20.9 Å². The molecule has 0 radical (unpaired) electrons. The second kappa shape index (κ2) is 9.40. The molecule has 27 heavy (non-hydrogen) atoms. The fraction of sp³-hybridized carbons (Fsp3) is 0.571. The minimum absolute atomic E-state index is 0.0911. The topological polar surface area (TPSA) is 75.3 Å². The normalized spacial score (nSPS) is 17.5. The van der Waals surface area contributed by atoms with E-state index >= 15 is 0 Å². The van der Waals surface area contributed by atoms with Gasteiger partial charge in [0.05, 0.1) is 0 Å². The Morgan fingerprint density at radius 1 is 1.41 bits per heavy atom. The Balaban J connectivity index is 2.03. The number of likely N-dealkylation sites (tertiary alicyclic amines) is 1. The number of hydrogen-bond donors (Lipinski definition) is 0. The molecule has 146 valence electrons. The van der Waals surface area contributed by atoms with Crippen LogP contribution in [0.2, 0.25) is 0 Å². The SMILES string of the molecule is CCCn1c(C)cc(/C=C(\C#N)C(=O)OCC(=O)N2CCC[C@@H](C)C2)c1C. The quantitative estimate of drug-likeness (QED) is 0.437. The fourth-order valence-corrected chi connectivity index (χ4v) is 3.55. The average molecular weight is 371 g/mol. The van der Waals surface area contributed by atoms with E-state index in [1.165, 1.54) is 0 Å². The predicted molar refractivity (Wildman–Crippen MR) is 104 cm³/mol. The van der Waals surface area contributed by atoms with Gasteiger partial charge < -0.3 is 14.2 Å². The predicted octanol–water partition coefficient (Wildman–Crippen LogP) is 3.22. The number of aromatic nitrogens is 1. The Morgan fingerprint density at radius 3 is 2.78 bits per heavy atom. The molecule has 1 aliphatic rings. The van der Waals surface area contributed by atoms with Crippen molar-refractivity contribution in [3.8, 4) is 6.07 Å². The second-order valence-electron chi connectivity index (χ2n) is 7.31. The van der Waals surface area contributed by atoms with Crippen molar-refractivity contribution in [2.45, 2.75) is 53.5 Å². The standard InChI is InChI=1S/C21H29N3O3/c1-5-8-24-16(3)10-18(17(24)4)11-19(12-22)21(26)27-14-20(25)23-9-6-7-15(2)13-23/h10-11,15H,5-9,13-14H2,1-4H3/b19-11+/t15-/m1/s1. The lowest BCUT2D eigenvalue weighted by atomic mass is 10.0. The van der Waals surface area contributed by atoms with Crippen LogP contribution in [-0.4, -0.2) is 41.0 Å². The first kappa shape index (κ1) is 20.8. The molecule has 1 saturated heterocycles. The molecule has 0 unspecified atom stereocenters. The van der Waals surface area contributed by atoms with Gasteiger partial charge in [-0.25, -0.2) is 4.79 Å². The Morgan fingerprint density at radius 2 is 2.15 bits per heavy atom. The van der Waals surface area contributed by atoms with Crippen molar-refractivity contribution in [1.29, 1.82) is 5.26 Å². The van der Waals surface area contributed by atoms with Crippen molar-refractivity contribution in [2.24, 2.45) is 5.92 Å². The number of nitrogens with zero attached hydrogens (tertiary/aromatic N) is 3. The van der Waals surface area contributed by atoms with E-state index in [1.807, 2.05) is 26.0 Å². The first-order valence-corrected chi connectivity index (χ1v) is 9.60. The van der Waals surface area contributed by atoms with E-state index in [9.17, 15) is 14.9 Å². The maximum Gasteiger partial charge on any atom is 0.349 e. The summed E-state index contributed by atoms with van der Waals surface area (Å²) in [4.78, 5) is 26.2. The molecule has 0 saturated carbocycles. The van der Waals surface area contributed by atoms with Gasteiger partial charge in [-0.05, 0) is 56.7 Å². The molecular weight excluding hydrogens is 342 g/mol. The zero-order valence-electron chi connectivity index (χ0n) is 16.7. The Kier molecular flexibility index (Phi) is 7.23. The number of carbonyl (C=O) groups excluding carboxylic acids is 2. The molecule has 0 aromatic carbocycles. The summed E-state index contributed by atoms with van der Waals surface area (Å²) in [5.74, 6) is -0.490. The van der Waals surface area contributed by atoms with Crippen molar-refractivity contribution in [2.75, 3.05) is 19.7 Å². The lowest BCUT2D eigenvalue weighted by Crippen LogP contribution is -2.41. The van der Waals surface area contributed by atoms with Gasteiger partial charge in [0.1, 0.15) is 11.6 Å². The zero-order valence-corrected chi connectivity index (χ0v) is 16.7. The van der Waals surface area contributed by atoms with Gasteiger partial charge in [0.15, 0.2) is 6.61 Å². The van der Waals surface area contributed by atoms with Crippen molar-refractivity contribution in [3.05, 3.63) is 28.6 Å². The highest BCUT2D eigenvalue weighted by Gasteiger charge is 2.22. The number of rotatable bonds is 6. The maximum atomic E-state index is 12.3. The number of esters is 1. The van der Waals surface area contributed by atoms with E-state index in [-0.39, 0.29) is 18.1 Å². The first-order chi connectivity index (χ1) is 12.9. The molecule has 2 rings (SSSR count). The monoisotopic (exact) mass is 371 g/mol. The number of amides is 1. The van der Waals surface area contributed by atoms with Crippen molar-refractivity contribution >= 4 is 18.0 Å². The molecule has 1 amide bonds. The summed E-state index contributed by atoms with van der Waals surface area (Å²) in [7, 11) is 0. The Hall–Kier alpha value is -2.55. The molecule has 0 bridgehead atoms. The van der Waals surface area contributed by atoms with Crippen LogP contribution in [0.15, 0.2) is 11.6 Å². The minimum Gasteiger partial charge on any atom is -0.451 e. The highest BCUT2D eigenvalue weighted by Crippen LogP contribution is 2.19. The van der Waals surface area contributed by atoms with E-state index in [4.69, 9.17) is 4.74 Å². The van der Waals surface area contributed by atoms with Gasteiger partial charge in [-0.2, -0.15) is 5.26 Å². The summed E-state index contributed by atoms with van der Waals surface area (Å²) in [5.41, 5.74) is 2.83. The summed E-state index contributed by atoms with van der Waals surface area (Å²) < 4.78 is 7.27. The van der Waals surface area contributed by atoms with Crippen LogP contribution < -0.4 is 0 Å². The third kappa shape index (κ3) is 5.22. The summed E-state index contributed by atoms with van der Waals surface area (Å²) >= 11 is 0. The lowest BCUT2D eigenvalue weighted by molar-refractivity contribution is -0.149. The molecule has 0 spiro atoms. The van der Waals surface area contributed by atoms with Gasteiger partial charge in [0, 0.05) is 31.0 Å². The van der Waals surface area contributed by atoms with E-state index in [1.54, 1.807) is 11.0 Å². The van der Waals surface area contributed by atoms with Crippen LogP contribution in [0, 0.1) is 31.1 Å². The number of piperidine rings is 1. The van der Waals surface area contributed by atoms with Crippen molar-refractivity contribution in [3.63, 3.8) is 0 Å². The summed E-state index contributed by atoms with van der Waals surface area (Å²) in [6.07, 6.45) is 4.63. The third-order valence-electron chi connectivity index (χ3n) is 5.04. The highest BCUT2D eigenvalue weighted by molar-refractivity contribution is 5.99. The summed E-state index contributed by atoms with van der Waals surface area (Å²) in [5, 5.41) is 9.36. The number of aryl methyl sites for hydroxylation is 1. The van der Waals surface area contributed by atoms with E-state index in [2.05, 4.69) is 18.4 Å². The average Bonchev–Trinajstić information content (AvgIpc) is 2.91. The van der Waals surface area contributed by atoms with Gasteiger partial charge in [-0.1, -0.05) is 13.8 Å². The van der Waals surface area contributed by atoms with Crippen LogP contribution >= 0.6 is 0 Å². The molecule has 2 heterocycles. The molecule has 1 fully saturated rings. The minimum atomic E-state index is -0.754. The third-order valence-corrected chi connectivity index (χ3v) is 5.04. The molecule has 6 heteroatoms. The van der Waals surface area contributed by atoms with Gasteiger partial charge in [-0.3, -0.25) is 4.79 Å². The first-order valence-electron chi connectivity index (χ1n) is 9.60. The van der Waals surface area contributed by atoms with E-state index in [0.29, 0.717) is 19.0 Å². The fourth-order valence-electron chi connectivity index (χ4n) is 3.55. The molecule has 1 atom stereocenters. The second-order valence-corrected chi connectivity index (χ2v) is 7.31. The van der Waals surface area contributed by atoms with Crippen LogP contribution in [0.5, 0.6) is 0 Å². The van der Waals surface area contributed by atoms with Crippen LogP contribution in [0.25, 0.3) is 6.08 Å². The Bertz CT molecular complexity index is 770. The van der Waals surface area contributed by atoms with Crippen LogP contribution in [0.1, 0.15) is 50.1 Å². The molecule has 1 aliphatic heterocycles. The molecular formula is C21H29N3O3. The zero-order chi connectivity index (χ0) is 20.0. The van der Waals surface area contributed by atoms with Gasteiger partial charge in [0.25, 0.3) is 5.91 Å². The summed E-state index contributed by atoms with van der Waals surface area (Å²) in [6, 6.07) is 3.86. The smallest absolute Gasteiger partial charge is 0.349 e. The van der Waals surface area contributed by atoms with Crippen molar-refractivity contribution in [1.82, 2.24) is 9.47 Å². The molecule has 1 aromatic rings. The Labute approximate surface area is 161 Å². The maximum absolute atomic E-state index is 12.3. The van der Waals surface area contributed by atoms with Crippen LogP contribution in [0.4, 0.5) is 0 Å². The van der Waals surface area contributed by atoms with Gasteiger partial charge in [0.2, 0.25) is 0 Å². The van der Waals surface area contributed by atoms with Gasteiger partial charge in [-0.15, -0.1) is 0 Å². The highest BCUT2D eigenvalue weighted by atomic mass is 16.5. The molecule has 0 aliphatic carbocycles. The number of carbonyl (C=O) groups is 2. The molecule has 1 aromatic heterocycles. The molecule has 0 N–H and O–H groups in total. The van der Waals surface area contributed by atoms with E-state index in [0.717, 1.165) is 42.8 Å². The number of ether oxygens (including phenoxy) is 1. The summed E-state index contributed by atoms with van der Waals surface area (Å²) in [6.45, 7) is 10.1. The van der Waals surface area contributed by atoms with E-state index < -0.39 is 5.97 Å². The van der Waals surface area contributed by atoms with Gasteiger partial charge >= 0.3 is 5.97 Å². The number of hydrogen-bond acceptors (Lipinski definition) is 4. The lowest BCUT2D eigenvalue weighted by Gasteiger charge is -2.30. The molecule has 6 nitrogen and oxygen atoms in total. The van der Waals surface area contributed by atoms with Crippen molar-refractivity contribution < 1.29 is 14.3 Å². The number of nitriles is 1. The van der Waals surface area contributed by atoms with Crippen LogP contribution in [0.3, 0.4) is 0 Å². The largest absolute Gasteiger partial charge is 0.451 e.